The molecule has 5 atom stereocenters. The van der Waals surface area contributed by atoms with Crippen molar-refractivity contribution < 1.29 is 33.3 Å². The van der Waals surface area contributed by atoms with Gasteiger partial charge in [0.25, 0.3) is 5.91 Å². The van der Waals surface area contributed by atoms with Gasteiger partial charge in [0, 0.05) is 19.7 Å². The van der Waals surface area contributed by atoms with Crippen molar-refractivity contribution in [3.05, 3.63) is 143 Å². The van der Waals surface area contributed by atoms with Gasteiger partial charge in [-0.25, -0.2) is 5.06 Å². The van der Waals surface area contributed by atoms with Gasteiger partial charge in [-0.05, 0) is 47.2 Å². The van der Waals surface area contributed by atoms with Crippen LogP contribution >= 0.6 is 0 Å². The van der Waals surface area contributed by atoms with Crippen LogP contribution in [-0.4, -0.2) is 62.9 Å². The fourth-order valence-corrected chi connectivity index (χ4v) is 5.56. The summed E-state index contributed by atoms with van der Waals surface area (Å²) in [7, 11) is 4.69. The molecule has 8 heteroatoms. The van der Waals surface area contributed by atoms with Gasteiger partial charge in [0.05, 0.1) is 33.0 Å². The fourth-order valence-electron chi connectivity index (χ4n) is 5.56. The molecule has 46 heavy (non-hydrogen) atoms. The van der Waals surface area contributed by atoms with E-state index in [0.717, 1.165) is 22.3 Å². The Morgan fingerprint density at radius 3 is 1.59 bits per heavy atom. The average Bonchev–Trinajstić information content (AvgIpc) is 3.12. The third-order valence-corrected chi connectivity index (χ3v) is 8.16. The van der Waals surface area contributed by atoms with Gasteiger partial charge in [0.2, 0.25) is 0 Å². The second-order valence-corrected chi connectivity index (χ2v) is 11.3. The van der Waals surface area contributed by atoms with Crippen LogP contribution in [0.25, 0.3) is 0 Å². The van der Waals surface area contributed by atoms with Crippen LogP contribution in [0.15, 0.2) is 115 Å². The van der Waals surface area contributed by atoms with Gasteiger partial charge in [0.15, 0.2) is 6.29 Å². The molecule has 8 nitrogen and oxygen atoms in total. The molecule has 1 saturated heterocycles. The molecule has 0 aromatic heterocycles. The van der Waals surface area contributed by atoms with E-state index in [1.807, 2.05) is 115 Å². The summed E-state index contributed by atoms with van der Waals surface area (Å²) >= 11 is 0. The van der Waals surface area contributed by atoms with Gasteiger partial charge >= 0.3 is 0 Å². The van der Waals surface area contributed by atoms with Gasteiger partial charge in [-0.3, -0.25) is 9.63 Å². The van der Waals surface area contributed by atoms with Crippen LogP contribution in [0.5, 0.6) is 0 Å². The second kappa shape index (κ2) is 17.1. The lowest BCUT2D eigenvalue weighted by Crippen LogP contribution is -2.60. The Morgan fingerprint density at radius 1 is 0.630 bits per heavy atom. The summed E-state index contributed by atoms with van der Waals surface area (Å²) in [6.07, 6.45) is -1.17. The van der Waals surface area contributed by atoms with E-state index >= 15 is 0 Å². The molecule has 4 aromatic carbocycles. The Hall–Kier alpha value is -3.89. The molecule has 1 heterocycles. The van der Waals surface area contributed by atoms with E-state index in [4.69, 9.17) is 28.5 Å². The third-order valence-electron chi connectivity index (χ3n) is 8.16. The van der Waals surface area contributed by atoms with Gasteiger partial charge in [-0.15, -0.1) is 0 Å². The fraction of sp³-hybridized carbons (Fsp3) is 0.342. The summed E-state index contributed by atoms with van der Waals surface area (Å²) in [5.41, 5.74) is 4.78. The van der Waals surface area contributed by atoms with Crippen molar-refractivity contribution in [2.75, 3.05) is 21.3 Å². The SMILES string of the molecule is CO[C@H]1O[C@H](CCc2ccc(C(=O)N(C)OC)cc2)[C@@H](OCc2ccccc2)[C@H](OCc2ccccc2)[C@H]1OCc1ccccc1. The maximum atomic E-state index is 12.5. The number of methoxy groups -OCH3 is 1. The number of ether oxygens (including phenoxy) is 5. The summed E-state index contributed by atoms with van der Waals surface area (Å²) in [5, 5.41) is 1.20. The molecule has 0 saturated carbocycles. The molecular weight excluding hydrogens is 582 g/mol. The van der Waals surface area contributed by atoms with Crippen LogP contribution in [-0.2, 0) is 54.8 Å². The van der Waals surface area contributed by atoms with E-state index in [1.165, 1.54) is 12.2 Å². The number of hydrogen-bond donors (Lipinski definition) is 0. The number of carbonyl (C=O) groups is 1. The van der Waals surface area contributed by atoms with Gasteiger partial charge in [0.1, 0.15) is 18.3 Å². The predicted octanol–water partition coefficient (Wildman–Crippen LogP) is 6.38. The maximum Gasteiger partial charge on any atom is 0.277 e. The highest BCUT2D eigenvalue weighted by Crippen LogP contribution is 2.33. The summed E-state index contributed by atoms with van der Waals surface area (Å²) < 4.78 is 32.4. The molecule has 0 radical (unpaired) electrons. The van der Waals surface area contributed by atoms with E-state index in [9.17, 15) is 4.79 Å². The minimum atomic E-state index is -0.671. The monoisotopic (exact) mass is 625 g/mol. The number of benzene rings is 4. The zero-order valence-corrected chi connectivity index (χ0v) is 26.7. The topological polar surface area (TPSA) is 75.7 Å². The number of hydroxylamine groups is 2. The Labute approximate surface area is 271 Å². The number of nitrogens with zero attached hydrogens (tertiary/aromatic N) is 1. The lowest BCUT2D eigenvalue weighted by atomic mass is 9.93. The minimum Gasteiger partial charge on any atom is -0.368 e. The van der Waals surface area contributed by atoms with Crippen LogP contribution in [0.2, 0.25) is 0 Å². The molecular formula is C38H43NO7. The first kappa shape index (κ1) is 33.5. The summed E-state index contributed by atoms with van der Waals surface area (Å²) in [4.78, 5) is 17.5. The van der Waals surface area contributed by atoms with Crippen LogP contribution in [0.3, 0.4) is 0 Å². The largest absolute Gasteiger partial charge is 0.368 e. The Balaban J connectivity index is 1.39. The molecule has 0 N–H and O–H groups in total. The smallest absolute Gasteiger partial charge is 0.277 e. The molecule has 242 valence electrons. The molecule has 1 fully saturated rings. The highest BCUT2D eigenvalue weighted by atomic mass is 16.7. The number of rotatable bonds is 15. The van der Waals surface area contributed by atoms with Crippen LogP contribution in [0.4, 0.5) is 0 Å². The van der Waals surface area contributed by atoms with E-state index in [-0.39, 0.29) is 12.0 Å². The van der Waals surface area contributed by atoms with E-state index in [0.29, 0.717) is 38.2 Å². The molecule has 4 aromatic rings. The summed E-state index contributed by atoms with van der Waals surface area (Å²) in [5.74, 6) is -0.207. The average molecular weight is 626 g/mol. The van der Waals surface area contributed by atoms with Gasteiger partial charge in [-0.2, -0.15) is 0 Å². The number of amides is 1. The molecule has 5 rings (SSSR count). The van der Waals surface area contributed by atoms with Gasteiger partial charge in [-0.1, -0.05) is 103 Å². The van der Waals surface area contributed by atoms with Crippen LogP contribution in [0.1, 0.15) is 39.0 Å². The lowest BCUT2D eigenvalue weighted by molar-refractivity contribution is -0.318. The van der Waals surface area contributed by atoms with Crippen molar-refractivity contribution in [3.63, 3.8) is 0 Å². The van der Waals surface area contributed by atoms with Crippen molar-refractivity contribution in [1.29, 1.82) is 0 Å². The zero-order chi connectivity index (χ0) is 32.1. The molecule has 0 unspecified atom stereocenters. The van der Waals surface area contributed by atoms with E-state index < -0.39 is 24.6 Å². The summed E-state index contributed by atoms with van der Waals surface area (Å²) in [6, 6.07) is 37.8. The Kier molecular flexibility index (Phi) is 12.5. The number of carbonyl (C=O) groups excluding carboxylic acids is 1. The van der Waals surface area contributed by atoms with Crippen LogP contribution in [0, 0.1) is 0 Å². The number of hydrogen-bond acceptors (Lipinski definition) is 7. The highest BCUT2D eigenvalue weighted by Gasteiger charge is 2.48. The normalized spacial score (nSPS) is 21.2. The van der Waals surface area contributed by atoms with Crippen molar-refractivity contribution in [2.45, 2.75) is 63.4 Å². The Morgan fingerprint density at radius 2 is 1.11 bits per heavy atom. The van der Waals surface area contributed by atoms with Crippen LogP contribution < -0.4 is 0 Å². The second-order valence-electron chi connectivity index (χ2n) is 11.3. The van der Waals surface area contributed by atoms with Crippen molar-refractivity contribution >= 4 is 5.91 Å². The summed E-state index contributed by atoms with van der Waals surface area (Å²) in [6.45, 7) is 1.15. The first-order valence-corrected chi connectivity index (χ1v) is 15.6. The van der Waals surface area contributed by atoms with E-state index in [1.54, 1.807) is 14.2 Å². The zero-order valence-electron chi connectivity index (χ0n) is 26.7. The predicted molar refractivity (Wildman–Crippen MR) is 175 cm³/mol. The minimum absolute atomic E-state index is 0.207. The van der Waals surface area contributed by atoms with Crippen molar-refractivity contribution in [1.82, 2.24) is 5.06 Å². The Bertz CT molecular complexity index is 1450. The third kappa shape index (κ3) is 9.10. The van der Waals surface area contributed by atoms with Crippen molar-refractivity contribution in [3.8, 4) is 0 Å². The molecule has 1 aliphatic heterocycles. The van der Waals surface area contributed by atoms with E-state index in [2.05, 4.69) is 0 Å². The molecule has 0 bridgehead atoms. The lowest BCUT2D eigenvalue weighted by Gasteiger charge is -2.45. The molecule has 1 amide bonds. The highest BCUT2D eigenvalue weighted by molar-refractivity contribution is 5.93. The standard InChI is InChI=1S/C38H43NO7/c1-39(42-3)37(40)32-22-19-28(20-23-32)21-24-33-34(43-25-29-13-7-4-8-14-29)35(44-26-30-15-9-5-10-16-30)36(38(41-2)46-33)45-27-31-17-11-6-12-18-31/h4-20,22-23,33-36,38H,21,24-27H2,1-3H3/t33-,34-,35+,36-,38+/m1/s1. The molecule has 0 aliphatic carbocycles. The maximum absolute atomic E-state index is 12.5. The van der Waals surface area contributed by atoms with Crippen molar-refractivity contribution in [2.24, 2.45) is 0 Å². The number of aryl methyl sites for hydroxylation is 1. The van der Waals surface area contributed by atoms with Gasteiger partial charge < -0.3 is 23.7 Å². The first-order chi connectivity index (χ1) is 22.6. The molecule has 1 aliphatic rings. The first-order valence-electron chi connectivity index (χ1n) is 15.6. The quantitative estimate of drug-likeness (QED) is 0.142. The molecule has 0 spiro atoms.